The van der Waals surface area contributed by atoms with Crippen LogP contribution in [0.1, 0.15) is 132 Å². The number of fused-ring (bicyclic) bond motifs is 1. The van der Waals surface area contributed by atoms with E-state index in [2.05, 4.69) is 35.1 Å². The van der Waals surface area contributed by atoms with E-state index in [1.807, 2.05) is 50.4 Å². The largest absolute Gasteiger partial charge is 0.496 e. The Kier molecular flexibility index (Phi) is 15.0. The first-order valence-corrected chi connectivity index (χ1v) is 25.3. The number of aromatic nitrogens is 4. The summed E-state index contributed by atoms with van der Waals surface area (Å²) in [7, 11) is -1.98. The number of methoxy groups -OCH3 is 1. The average molecular weight is 931 g/mol. The topological polar surface area (TPSA) is 218 Å². The van der Waals surface area contributed by atoms with Gasteiger partial charge >= 0.3 is 0 Å². The first kappa shape index (κ1) is 47.6. The number of hydrogen-bond donors (Lipinski definition) is 3. The lowest BCUT2D eigenvalue weighted by Gasteiger charge is -2.27. The molecule has 0 radical (unpaired) electrons. The molecule has 5 atom stereocenters. The molecule has 1 aliphatic heterocycles. The highest BCUT2D eigenvalue weighted by Gasteiger charge is 2.43. The van der Waals surface area contributed by atoms with Gasteiger partial charge in [0, 0.05) is 47.0 Å². The number of benzene rings is 1. The van der Waals surface area contributed by atoms with Crippen LogP contribution in [0, 0.1) is 18.8 Å². The van der Waals surface area contributed by atoms with Crippen LogP contribution in [0.4, 0.5) is 0 Å². The number of rotatable bonds is 20. The Morgan fingerprint density at radius 1 is 1.02 bits per heavy atom. The number of amides is 4. The minimum atomic E-state index is -3.59. The number of nitrogens with two attached hydrogens (primary N) is 1. The van der Waals surface area contributed by atoms with Gasteiger partial charge in [-0.25, -0.2) is 18.4 Å². The summed E-state index contributed by atoms with van der Waals surface area (Å²) in [5, 5.41) is 10.4. The summed E-state index contributed by atoms with van der Waals surface area (Å²) in [5.41, 5.74) is 9.25. The number of nitrogens with zero attached hydrogens (tertiary/aromatic N) is 5. The van der Waals surface area contributed by atoms with Gasteiger partial charge in [0.1, 0.15) is 46.1 Å². The number of primary amides is 1. The van der Waals surface area contributed by atoms with Crippen molar-refractivity contribution in [3.63, 3.8) is 0 Å². The number of thiazole rings is 1. The molecule has 2 saturated carbocycles. The van der Waals surface area contributed by atoms with Crippen LogP contribution in [0.15, 0.2) is 48.0 Å². The monoisotopic (exact) mass is 930 g/mol. The summed E-state index contributed by atoms with van der Waals surface area (Å²) < 4.78 is 41.1. The zero-order valence-electron chi connectivity index (χ0n) is 38.1. The Bertz CT molecular complexity index is 2530. The van der Waals surface area contributed by atoms with E-state index in [1.165, 1.54) is 16.2 Å². The van der Waals surface area contributed by atoms with Crippen LogP contribution >= 0.6 is 11.3 Å². The quantitative estimate of drug-likeness (QED) is 0.0623. The second kappa shape index (κ2) is 20.4. The molecule has 18 heteroatoms. The van der Waals surface area contributed by atoms with Crippen molar-refractivity contribution in [2.24, 2.45) is 17.6 Å². The number of pyridine rings is 1. The third kappa shape index (κ3) is 11.2. The molecule has 4 amide bonds. The van der Waals surface area contributed by atoms with Crippen LogP contribution < -0.4 is 25.2 Å². The van der Waals surface area contributed by atoms with Crippen molar-refractivity contribution in [2.75, 3.05) is 13.7 Å². The summed E-state index contributed by atoms with van der Waals surface area (Å²) in [4.78, 5) is 65.5. The molecule has 4 aromatic rings. The molecule has 16 nitrogen and oxygen atoms in total. The zero-order valence-corrected chi connectivity index (χ0v) is 39.8. The molecule has 7 rings (SSSR count). The molecule has 3 aliphatic rings. The zero-order chi connectivity index (χ0) is 46.6. The number of hydrogen-bond acceptors (Lipinski definition) is 12. The second-order valence-corrected chi connectivity index (χ2v) is 21.0. The predicted molar refractivity (Wildman–Crippen MR) is 249 cm³/mol. The molecule has 4 heterocycles. The molecule has 3 fully saturated rings. The van der Waals surface area contributed by atoms with Gasteiger partial charge in [-0.15, -0.1) is 11.3 Å². The van der Waals surface area contributed by atoms with Gasteiger partial charge in [-0.05, 0) is 95.8 Å². The molecular weight excluding hydrogens is 869 g/mol. The lowest BCUT2D eigenvalue weighted by atomic mass is 9.94. The molecule has 1 aromatic carbocycles. The van der Waals surface area contributed by atoms with Gasteiger partial charge in [0.05, 0.1) is 30.1 Å². The van der Waals surface area contributed by atoms with E-state index in [-0.39, 0.29) is 42.5 Å². The van der Waals surface area contributed by atoms with Crippen molar-refractivity contribution in [3.8, 4) is 22.2 Å². The van der Waals surface area contributed by atoms with Gasteiger partial charge in [-0.2, -0.15) is 5.10 Å². The molecule has 2 aliphatic carbocycles. The number of allylic oxidation sites excluding steroid dienone is 2. The Morgan fingerprint density at radius 3 is 2.48 bits per heavy atom. The molecule has 350 valence electrons. The van der Waals surface area contributed by atoms with Crippen LogP contribution in [0.3, 0.4) is 0 Å². The number of nitrogens with one attached hydrogen (secondary N) is 2. The lowest BCUT2D eigenvalue weighted by Crippen LogP contribution is -2.53. The maximum Gasteiger partial charge on any atom is 0.272 e. The van der Waals surface area contributed by atoms with Gasteiger partial charge in [-0.3, -0.25) is 28.6 Å². The van der Waals surface area contributed by atoms with Gasteiger partial charge in [0.25, 0.3) is 5.91 Å². The van der Waals surface area contributed by atoms with E-state index in [0.29, 0.717) is 54.8 Å². The summed E-state index contributed by atoms with van der Waals surface area (Å²) >= 11 is 1.50. The predicted octanol–water partition coefficient (Wildman–Crippen LogP) is 6.74. The molecule has 0 spiro atoms. The maximum absolute atomic E-state index is 14.6. The number of sulfonamides is 1. The molecule has 0 bridgehead atoms. The van der Waals surface area contributed by atoms with E-state index in [1.54, 1.807) is 24.1 Å². The third-order valence-corrected chi connectivity index (χ3v) is 15.4. The summed E-state index contributed by atoms with van der Waals surface area (Å²) in [6.45, 7) is 10.1. The molecule has 1 unspecified atom stereocenters. The van der Waals surface area contributed by atoms with E-state index in [9.17, 15) is 27.6 Å². The first-order chi connectivity index (χ1) is 31.0. The van der Waals surface area contributed by atoms with Gasteiger partial charge < -0.3 is 25.4 Å². The van der Waals surface area contributed by atoms with Crippen molar-refractivity contribution in [1.29, 1.82) is 0 Å². The van der Waals surface area contributed by atoms with Crippen LogP contribution in [0.25, 0.3) is 21.6 Å². The van der Waals surface area contributed by atoms with E-state index < -0.39 is 57.1 Å². The number of carbonyl (C=O) groups excluding carboxylic acids is 4. The summed E-state index contributed by atoms with van der Waals surface area (Å²) in [6, 6.07) is 5.27. The molecule has 1 saturated heterocycles. The van der Waals surface area contributed by atoms with Gasteiger partial charge in [0.2, 0.25) is 27.7 Å². The molecule has 4 N–H and O–H groups in total. The van der Waals surface area contributed by atoms with Crippen molar-refractivity contribution < 1.29 is 37.1 Å². The Morgan fingerprint density at radius 2 is 1.80 bits per heavy atom. The smallest absolute Gasteiger partial charge is 0.272 e. The highest BCUT2D eigenvalue weighted by atomic mass is 32.2. The number of carbonyl (C=O) groups is 4. The van der Waals surface area contributed by atoms with Crippen LogP contribution in [0.2, 0.25) is 0 Å². The minimum Gasteiger partial charge on any atom is -0.496 e. The number of unbranched alkanes of at least 4 members (excludes halogenated alkanes) is 3. The highest BCUT2D eigenvalue weighted by Crippen LogP contribution is 2.38. The Labute approximate surface area is 385 Å². The summed E-state index contributed by atoms with van der Waals surface area (Å²) in [6.07, 6.45) is 12.0. The van der Waals surface area contributed by atoms with Crippen molar-refractivity contribution in [2.45, 2.75) is 141 Å². The van der Waals surface area contributed by atoms with Crippen molar-refractivity contribution in [3.05, 3.63) is 64.9 Å². The van der Waals surface area contributed by atoms with Crippen molar-refractivity contribution >= 4 is 55.9 Å². The fraction of sp³-hybridized carbons (Fsp3) is 0.553. The van der Waals surface area contributed by atoms with E-state index >= 15 is 0 Å². The molecular formula is C47H62N8O8S2. The average Bonchev–Trinajstić information content (AvgIpc) is 3.66. The molecule has 3 aromatic heterocycles. The fourth-order valence-corrected chi connectivity index (χ4v) is 11.1. The van der Waals surface area contributed by atoms with Crippen LogP contribution in [0.5, 0.6) is 11.5 Å². The Hall–Kier alpha value is -5.36. The highest BCUT2D eigenvalue weighted by molar-refractivity contribution is 7.90. The second-order valence-electron chi connectivity index (χ2n) is 18.2. The number of ether oxygens (including phenoxy) is 2. The minimum absolute atomic E-state index is 0.0184. The number of likely N-dealkylation sites (tertiary alicyclic amines) is 1. The molecule has 65 heavy (non-hydrogen) atoms. The Balaban J connectivity index is 1.04. The normalized spacial score (nSPS) is 20.5. The van der Waals surface area contributed by atoms with E-state index in [4.69, 9.17) is 25.2 Å². The van der Waals surface area contributed by atoms with E-state index in [0.717, 1.165) is 53.8 Å². The maximum atomic E-state index is 14.6. The van der Waals surface area contributed by atoms with Crippen LogP contribution in [-0.4, -0.2) is 93.8 Å². The number of aryl methyl sites for hydroxylation is 1. The first-order valence-electron chi connectivity index (χ1n) is 22.8. The van der Waals surface area contributed by atoms with Gasteiger partial charge in [-0.1, -0.05) is 45.3 Å². The standard InChI is InChI=1S/C47H62N8O8S2/c1-27(2)38-26-64-46(51-38)37-24-41(34-19-20-40(62-6)29(5)42(34)49-37)63-31-23-39(43(48)56)54(25-31)47(59)36(50-45(58)35-21-22-55(52-35)28(3)4)16-11-9-7-8-10-13-30-14-12-15-33(30)44(57)53-65(60,61)32-17-18-32/h10,13,19-22,24,26-28,30-33,36,39H,7-9,11-12,14-18,23,25H2,1-6H3,(H2,48,56)(H,50,58)(H,53,57)/b13-10-/t30-,31-,33?,36+,39+/m1/s1. The van der Waals surface area contributed by atoms with Crippen LogP contribution in [-0.2, 0) is 24.4 Å². The fourth-order valence-electron chi connectivity index (χ4n) is 8.77. The van der Waals surface area contributed by atoms with Gasteiger partial charge in [0.15, 0.2) is 0 Å². The third-order valence-electron chi connectivity index (χ3n) is 12.7. The van der Waals surface area contributed by atoms with Crippen molar-refractivity contribution in [1.82, 2.24) is 34.7 Å². The SMILES string of the molecule is COc1ccc2c(O[C@@H]3C[C@@H](C(N)=O)N(C(=O)[C@H](CCCCC/C=C\[C@@H]4CCCC4C(=O)NS(=O)(=O)C4CC4)NC(=O)c4ccn(C(C)C)n4)C3)cc(-c3nc(C(C)C)cs3)nc2c1C. The summed E-state index contributed by atoms with van der Waals surface area (Å²) in [5.74, 6) is -0.970. The lowest BCUT2D eigenvalue weighted by molar-refractivity contribution is -0.139.